The van der Waals surface area contributed by atoms with Crippen LogP contribution in [0.15, 0.2) is 12.1 Å². The Bertz CT molecular complexity index is 432. The first-order valence-electron chi connectivity index (χ1n) is 6.66. The maximum absolute atomic E-state index is 12.3. The zero-order valence-corrected chi connectivity index (χ0v) is 13.2. The van der Waals surface area contributed by atoms with Crippen molar-refractivity contribution in [1.29, 1.82) is 0 Å². The molecule has 0 bridgehead atoms. The molecule has 1 rings (SSSR count). The molecule has 0 aliphatic carbocycles. The average molecular weight is 299 g/mol. The van der Waals surface area contributed by atoms with Crippen molar-refractivity contribution in [3.05, 3.63) is 22.8 Å². The number of carbonyl (C=O) groups excluding carboxylic acids is 1. The molecule has 3 N–H and O–H groups in total. The standard InChI is InChI=1S/C14H23ClN4O/c1-9(2)5-11(8-19(3)4)17-14(20)10-6-12(15)18-13(16)7-10/h6-7,9,11H,5,8H2,1-4H3,(H2,16,18)(H,17,20). The number of nitrogens with two attached hydrogens (primary N) is 1. The van der Waals surface area contributed by atoms with Crippen molar-refractivity contribution in [2.75, 3.05) is 26.4 Å². The van der Waals surface area contributed by atoms with Gasteiger partial charge in [0.25, 0.3) is 5.91 Å². The number of hydrogen-bond donors (Lipinski definition) is 2. The molecular weight excluding hydrogens is 276 g/mol. The van der Waals surface area contributed by atoms with E-state index in [0.717, 1.165) is 13.0 Å². The number of halogens is 1. The second-order valence-corrected chi connectivity index (χ2v) is 6.05. The Morgan fingerprint density at radius 1 is 1.45 bits per heavy atom. The minimum Gasteiger partial charge on any atom is -0.384 e. The van der Waals surface area contributed by atoms with Crippen LogP contribution in [-0.4, -0.2) is 42.5 Å². The van der Waals surface area contributed by atoms with Gasteiger partial charge in [-0.05, 0) is 38.6 Å². The maximum Gasteiger partial charge on any atom is 0.251 e. The number of nitrogens with one attached hydrogen (secondary N) is 1. The second-order valence-electron chi connectivity index (χ2n) is 5.67. The molecule has 5 nitrogen and oxygen atoms in total. The van der Waals surface area contributed by atoms with Gasteiger partial charge in [-0.25, -0.2) is 4.98 Å². The van der Waals surface area contributed by atoms with Crippen LogP contribution in [0, 0.1) is 5.92 Å². The third kappa shape index (κ3) is 5.75. The Morgan fingerprint density at radius 3 is 2.60 bits per heavy atom. The van der Waals surface area contributed by atoms with Crippen LogP contribution in [0.5, 0.6) is 0 Å². The van der Waals surface area contributed by atoms with Gasteiger partial charge in [-0.2, -0.15) is 0 Å². The molecule has 0 radical (unpaired) electrons. The van der Waals surface area contributed by atoms with E-state index in [0.29, 0.717) is 11.5 Å². The number of aromatic nitrogens is 1. The highest BCUT2D eigenvalue weighted by molar-refractivity contribution is 6.29. The summed E-state index contributed by atoms with van der Waals surface area (Å²) >= 11 is 5.82. The van der Waals surface area contributed by atoms with Gasteiger partial charge in [0.05, 0.1) is 0 Å². The van der Waals surface area contributed by atoms with Crippen molar-refractivity contribution >= 4 is 23.3 Å². The Labute approximate surface area is 125 Å². The fourth-order valence-electron chi connectivity index (χ4n) is 2.11. The molecule has 0 spiro atoms. The third-order valence-corrected chi connectivity index (χ3v) is 2.95. The Balaban J connectivity index is 2.78. The van der Waals surface area contributed by atoms with Gasteiger partial charge in [0, 0.05) is 18.2 Å². The zero-order chi connectivity index (χ0) is 15.3. The Morgan fingerprint density at radius 2 is 2.10 bits per heavy atom. The lowest BCUT2D eigenvalue weighted by molar-refractivity contribution is 0.0924. The van der Waals surface area contributed by atoms with E-state index in [1.807, 2.05) is 14.1 Å². The van der Waals surface area contributed by atoms with E-state index < -0.39 is 0 Å². The van der Waals surface area contributed by atoms with Gasteiger partial charge in [0.1, 0.15) is 11.0 Å². The molecule has 0 fully saturated rings. The minimum absolute atomic E-state index is 0.0886. The van der Waals surface area contributed by atoms with E-state index in [1.54, 1.807) is 0 Å². The van der Waals surface area contributed by atoms with E-state index in [1.165, 1.54) is 12.1 Å². The normalized spacial score (nSPS) is 12.8. The van der Waals surface area contributed by atoms with Crippen molar-refractivity contribution in [3.8, 4) is 0 Å². The lowest BCUT2D eigenvalue weighted by Crippen LogP contribution is -2.42. The molecular formula is C14H23ClN4O. The van der Waals surface area contributed by atoms with E-state index >= 15 is 0 Å². The molecule has 1 aromatic heterocycles. The summed E-state index contributed by atoms with van der Waals surface area (Å²) in [5, 5.41) is 3.25. The second kappa shape index (κ2) is 7.45. The molecule has 112 valence electrons. The van der Waals surface area contributed by atoms with Crippen LogP contribution in [0.2, 0.25) is 5.15 Å². The molecule has 1 aromatic rings. The molecule has 1 amide bonds. The summed E-state index contributed by atoms with van der Waals surface area (Å²) in [6.07, 6.45) is 0.915. The highest BCUT2D eigenvalue weighted by Crippen LogP contribution is 2.13. The van der Waals surface area contributed by atoms with E-state index in [9.17, 15) is 4.79 Å². The number of pyridine rings is 1. The molecule has 0 aromatic carbocycles. The van der Waals surface area contributed by atoms with Gasteiger partial charge in [0.15, 0.2) is 0 Å². The predicted octanol–water partition coefficient (Wildman–Crippen LogP) is 2.02. The molecule has 20 heavy (non-hydrogen) atoms. The van der Waals surface area contributed by atoms with Crippen molar-refractivity contribution in [1.82, 2.24) is 15.2 Å². The number of amides is 1. The van der Waals surface area contributed by atoms with Crippen LogP contribution in [0.3, 0.4) is 0 Å². The number of nitrogens with zero attached hydrogens (tertiary/aromatic N) is 2. The number of hydrogen-bond acceptors (Lipinski definition) is 4. The van der Waals surface area contributed by atoms with Crippen molar-refractivity contribution in [2.45, 2.75) is 26.3 Å². The summed E-state index contributed by atoms with van der Waals surface area (Å²) in [7, 11) is 3.97. The summed E-state index contributed by atoms with van der Waals surface area (Å²) in [4.78, 5) is 18.2. The van der Waals surface area contributed by atoms with E-state index in [4.69, 9.17) is 17.3 Å². The monoisotopic (exact) mass is 298 g/mol. The first-order chi connectivity index (χ1) is 9.27. The minimum atomic E-state index is -0.173. The van der Waals surface area contributed by atoms with Crippen LogP contribution >= 0.6 is 11.6 Å². The fraction of sp³-hybridized carbons (Fsp3) is 0.571. The van der Waals surface area contributed by atoms with Crippen molar-refractivity contribution in [2.24, 2.45) is 5.92 Å². The summed E-state index contributed by atoms with van der Waals surface area (Å²) in [5.74, 6) is 0.579. The van der Waals surface area contributed by atoms with E-state index in [-0.39, 0.29) is 22.9 Å². The smallest absolute Gasteiger partial charge is 0.251 e. The molecule has 1 heterocycles. The fourth-order valence-corrected chi connectivity index (χ4v) is 2.32. The van der Waals surface area contributed by atoms with Crippen LogP contribution in [0.25, 0.3) is 0 Å². The lowest BCUT2D eigenvalue weighted by Gasteiger charge is -2.24. The number of carbonyl (C=O) groups is 1. The Hall–Kier alpha value is -1.33. The Kier molecular flexibility index (Phi) is 6.23. The van der Waals surface area contributed by atoms with Gasteiger partial charge < -0.3 is 16.0 Å². The first-order valence-corrected chi connectivity index (χ1v) is 7.04. The third-order valence-electron chi connectivity index (χ3n) is 2.75. The summed E-state index contributed by atoms with van der Waals surface area (Å²) < 4.78 is 0. The predicted molar refractivity (Wildman–Crippen MR) is 82.9 cm³/mol. The van der Waals surface area contributed by atoms with Crippen molar-refractivity contribution in [3.63, 3.8) is 0 Å². The lowest BCUT2D eigenvalue weighted by atomic mass is 10.0. The largest absolute Gasteiger partial charge is 0.384 e. The van der Waals surface area contributed by atoms with Crippen LogP contribution in [0.1, 0.15) is 30.6 Å². The SMILES string of the molecule is CC(C)CC(CN(C)C)NC(=O)c1cc(N)nc(Cl)c1. The van der Waals surface area contributed by atoms with Crippen LogP contribution in [-0.2, 0) is 0 Å². The molecule has 1 atom stereocenters. The molecule has 0 saturated carbocycles. The summed E-state index contributed by atoms with van der Waals surface area (Å²) in [5.41, 5.74) is 6.05. The van der Waals surface area contributed by atoms with Crippen LogP contribution < -0.4 is 11.1 Å². The highest BCUT2D eigenvalue weighted by Gasteiger charge is 2.17. The van der Waals surface area contributed by atoms with Gasteiger partial charge >= 0.3 is 0 Å². The number of rotatable bonds is 6. The average Bonchev–Trinajstić information content (AvgIpc) is 2.25. The topological polar surface area (TPSA) is 71.2 Å². The first kappa shape index (κ1) is 16.7. The number of anilines is 1. The highest BCUT2D eigenvalue weighted by atomic mass is 35.5. The molecule has 6 heteroatoms. The van der Waals surface area contributed by atoms with Gasteiger partial charge in [-0.15, -0.1) is 0 Å². The maximum atomic E-state index is 12.3. The number of likely N-dealkylation sites (N-methyl/N-ethyl adjacent to an activating group) is 1. The molecule has 0 saturated heterocycles. The quantitative estimate of drug-likeness (QED) is 0.788. The van der Waals surface area contributed by atoms with Crippen LogP contribution in [0.4, 0.5) is 5.82 Å². The molecule has 0 aliphatic rings. The van der Waals surface area contributed by atoms with Gasteiger partial charge in [0.2, 0.25) is 0 Å². The summed E-state index contributed by atoms with van der Waals surface area (Å²) in [6, 6.07) is 3.14. The van der Waals surface area contributed by atoms with Gasteiger partial charge in [-0.3, -0.25) is 4.79 Å². The summed E-state index contributed by atoms with van der Waals surface area (Å²) in [6.45, 7) is 5.06. The van der Waals surface area contributed by atoms with E-state index in [2.05, 4.69) is 29.0 Å². The number of nitrogen functional groups attached to an aromatic ring is 1. The van der Waals surface area contributed by atoms with Crippen molar-refractivity contribution < 1.29 is 4.79 Å². The van der Waals surface area contributed by atoms with Gasteiger partial charge in [-0.1, -0.05) is 25.4 Å². The zero-order valence-electron chi connectivity index (χ0n) is 12.5. The molecule has 1 unspecified atom stereocenters. The molecule has 0 aliphatic heterocycles.